The molecule has 2 aromatic carbocycles. The Hall–Kier alpha value is -1.81. The van der Waals surface area contributed by atoms with Crippen molar-refractivity contribution in [2.75, 3.05) is 6.79 Å². The molecule has 5 atom stereocenters. The Labute approximate surface area is 178 Å². The van der Waals surface area contributed by atoms with Gasteiger partial charge in [0, 0.05) is 5.30 Å². The first-order valence-electron chi connectivity index (χ1n) is 10.8. The summed E-state index contributed by atoms with van der Waals surface area (Å²) < 4.78 is 31.7. The highest BCUT2D eigenvalue weighted by Gasteiger charge is 2.43. The molecule has 1 N–H and O–H groups in total. The van der Waals surface area contributed by atoms with Gasteiger partial charge in [-0.3, -0.25) is 4.57 Å². The first-order chi connectivity index (χ1) is 14.4. The average Bonchev–Trinajstić information content (AvgIpc) is 3.21. The summed E-state index contributed by atoms with van der Waals surface area (Å²) in [5.74, 6) is 1.16. The standard InChI is InChI=1S/C24H31O5P/c1-16(2)20-11-9-17(3)13-22(20)29-30(26,19-7-5-4-6-8-19)24(25)18-10-12-21-23(14-18)28-15-27-21/h4-8,10,12,14,16-17,20,22,24-25H,9,11,13,15H2,1-3H3/t17-,20+,22-,24+,30+/m1/s1. The zero-order chi connectivity index (χ0) is 21.3. The molecule has 6 heteroatoms. The fraction of sp³-hybridized carbons (Fsp3) is 0.500. The van der Waals surface area contributed by atoms with Crippen molar-refractivity contribution in [2.45, 2.75) is 52.0 Å². The third-order valence-electron chi connectivity index (χ3n) is 6.39. The Morgan fingerprint density at radius 1 is 1.07 bits per heavy atom. The third kappa shape index (κ3) is 4.16. The van der Waals surface area contributed by atoms with Crippen LogP contribution < -0.4 is 14.8 Å². The Bertz CT molecular complexity index is 913. The van der Waals surface area contributed by atoms with Gasteiger partial charge in [-0.15, -0.1) is 0 Å². The average molecular weight is 430 g/mol. The van der Waals surface area contributed by atoms with Crippen LogP contribution in [-0.4, -0.2) is 18.0 Å². The molecule has 0 bridgehead atoms. The topological polar surface area (TPSA) is 65.0 Å². The van der Waals surface area contributed by atoms with Crippen LogP contribution in [-0.2, 0) is 9.09 Å². The number of rotatable bonds is 6. The summed E-state index contributed by atoms with van der Waals surface area (Å²) in [6, 6.07) is 14.3. The Balaban J connectivity index is 1.71. The number of hydrogen-bond acceptors (Lipinski definition) is 5. The summed E-state index contributed by atoms with van der Waals surface area (Å²) >= 11 is 0. The fourth-order valence-electron chi connectivity index (χ4n) is 4.60. The van der Waals surface area contributed by atoms with Gasteiger partial charge in [0.15, 0.2) is 17.3 Å². The summed E-state index contributed by atoms with van der Waals surface area (Å²) in [5, 5.41) is 11.9. The van der Waals surface area contributed by atoms with Crippen molar-refractivity contribution >= 4 is 12.7 Å². The number of fused-ring (bicyclic) bond motifs is 1. The van der Waals surface area contributed by atoms with Crippen molar-refractivity contribution in [2.24, 2.45) is 17.8 Å². The van der Waals surface area contributed by atoms with E-state index in [0.29, 0.717) is 40.1 Å². The maximum absolute atomic E-state index is 14.4. The monoisotopic (exact) mass is 430 g/mol. The molecule has 1 aliphatic heterocycles. The van der Waals surface area contributed by atoms with Gasteiger partial charge in [-0.05, 0) is 60.4 Å². The highest BCUT2D eigenvalue weighted by atomic mass is 31.2. The number of aliphatic hydroxyl groups is 1. The highest BCUT2D eigenvalue weighted by Crippen LogP contribution is 2.60. The van der Waals surface area contributed by atoms with E-state index in [1.54, 1.807) is 30.3 Å². The zero-order valence-corrected chi connectivity index (χ0v) is 18.8. The molecule has 1 saturated carbocycles. The van der Waals surface area contributed by atoms with Crippen LogP contribution in [0.3, 0.4) is 0 Å². The molecule has 2 aliphatic rings. The molecule has 0 spiro atoms. The van der Waals surface area contributed by atoms with Gasteiger partial charge in [-0.2, -0.15) is 0 Å². The van der Waals surface area contributed by atoms with Crippen molar-refractivity contribution in [1.82, 2.24) is 0 Å². The largest absolute Gasteiger partial charge is 0.454 e. The Morgan fingerprint density at radius 2 is 1.80 bits per heavy atom. The van der Waals surface area contributed by atoms with Gasteiger partial charge in [-0.25, -0.2) is 0 Å². The molecule has 4 rings (SSSR count). The molecule has 1 heterocycles. The van der Waals surface area contributed by atoms with Crippen LogP contribution in [0.1, 0.15) is 51.4 Å². The van der Waals surface area contributed by atoms with Gasteiger partial charge < -0.3 is 19.1 Å². The number of benzene rings is 2. The van der Waals surface area contributed by atoms with Crippen molar-refractivity contribution in [3.05, 3.63) is 54.1 Å². The van der Waals surface area contributed by atoms with Crippen LogP contribution in [0.4, 0.5) is 0 Å². The molecule has 0 saturated heterocycles. The molecule has 5 nitrogen and oxygen atoms in total. The third-order valence-corrected chi connectivity index (χ3v) is 8.93. The first-order valence-corrected chi connectivity index (χ1v) is 12.5. The van der Waals surface area contributed by atoms with E-state index >= 15 is 0 Å². The minimum absolute atomic E-state index is 0.150. The summed E-state index contributed by atoms with van der Waals surface area (Å²) in [6.45, 7) is 6.75. The van der Waals surface area contributed by atoms with Crippen LogP contribution in [0.15, 0.2) is 48.5 Å². The van der Waals surface area contributed by atoms with E-state index < -0.39 is 13.2 Å². The van der Waals surface area contributed by atoms with Crippen molar-refractivity contribution in [1.29, 1.82) is 0 Å². The SMILES string of the molecule is CC(C)[C@@H]1CC[C@@H](C)C[C@H]1O[P@@](=O)(c1ccccc1)[C@H](O)c1ccc2c(c1)OCO2. The summed E-state index contributed by atoms with van der Waals surface area (Å²) in [5.41, 5.74) is 0.511. The van der Waals surface area contributed by atoms with Gasteiger partial charge in [-0.1, -0.05) is 51.5 Å². The van der Waals surface area contributed by atoms with Crippen LogP contribution in [0.5, 0.6) is 11.5 Å². The molecule has 1 fully saturated rings. The molecule has 0 aromatic heterocycles. The lowest BCUT2D eigenvalue weighted by molar-refractivity contribution is 0.0427. The molecule has 1 aliphatic carbocycles. The summed E-state index contributed by atoms with van der Waals surface area (Å²) in [7, 11) is -3.62. The molecule has 162 valence electrons. The van der Waals surface area contributed by atoms with E-state index in [2.05, 4.69) is 20.8 Å². The number of ether oxygens (including phenoxy) is 2. The molecule has 30 heavy (non-hydrogen) atoms. The van der Waals surface area contributed by atoms with Crippen molar-refractivity contribution in [3.63, 3.8) is 0 Å². The van der Waals surface area contributed by atoms with Gasteiger partial charge >= 0.3 is 0 Å². The Morgan fingerprint density at radius 3 is 2.53 bits per heavy atom. The highest BCUT2D eigenvalue weighted by molar-refractivity contribution is 7.67. The normalized spacial score (nSPS) is 26.4. The second-order valence-corrected chi connectivity index (χ2v) is 11.3. The molecule has 0 amide bonds. The lowest BCUT2D eigenvalue weighted by Crippen LogP contribution is -2.35. The smallest absolute Gasteiger partial charge is 0.264 e. The van der Waals surface area contributed by atoms with Gasteiger partial charge in [0.05, 0.1) is 6.10 Å². The molecule has 0 radical (unpaired) electrons. The number of hydrogen-bond donors (Lipinski definition) is 1. The predicted molar refractivity (Wildman–Crippen MR) is 117 cm³/mol. The van der Waals surface area contributed by atoms with Gasteiger partial charge in [0.2, 0.25) is 6.79 Å². The second kappa shape index (κ2) is 8.74. The van der Waals surface area contributed by atoms with E-state index in [9.17, 15) is 9.67 Å². The van der Waals surface area contributed by atoms with Gasteiger partial charge in [0.1, 0.15) is 0 Å². The van der Waals surface area contributed by atoms with Crippen LogP contribution in [0.2, 0.25) is 0 Å². The van der Waals surface area contributed by atoms with Crippen LogP contribution in [0.25, 0.3) is 0 Å². The van der Waals surface area contributed by atoms with Gasteiger partial charge in [0.25, 0.3) is 7.37 Å². The van der Waals surface area contributed by atoms with Crippen LogP contribution in [0, 0.1) is 17.8 Å². The number of aliphatic hydroxyl groups excluding tert-OH is 1. The fourth-order valence-corrected chi connectivity index (χ4v) is 6.91. The lowest BCUT2D eigenvalue weighted by atomic mass is 9.75. The quantitative estimate of drug-likeness (QED) is 0.614. The van der Waals surface area contributed by atoms with E-state index in [0.717, 1.165) is 19.3 Å². The predicted octanol–water partition coefficient (Wildman–Crippen LogP) is 5.49. The molecule has 2 aromatic rings. The minimum Gasteiger partial charge on any atom is -0.454 e. The van der Waals surface area contributed by atoms with E-state index in [1.807, 2.05) is 18.2 Å². The van der Waals surface area contributed by atoms with E-state index in [4.69, 9.17) is 14.0 Å². The minimum atomic E-state index is -3.62. The lowest BCUT2D eigenvalue weighted by Gasteiger charge is -2.39. The molecular formula is C24H31O5P. The summed E-state index contributed by atoms with van der Waals surface area (Å²) in [6.07, 6.45) is 2.91. The Kier molecular flexibility index (Phi) is 6.24. The molecule has 0 unspecified atom stereocenters. The van der Waals surface area contributed by atoms with Crippen molar-refractivity contribution in [3.8, 4) is 11.5 Å². The maximum atomic E-state index is 14.4. The summed E-state index contributed by atoms with van der Waals surface area (Å²) in [4.78, 5) is 0. The van der Waals surface area contributed by atoms with Crippen molar-refractivity contribution < 1.29 is 23.7 Å². The second-order valence-electron chi connectivity index (χ2n) is 8.89. The molecular weight excluding hydrogens is 399 g/mol. The zero-order valence-electron chi connectivity index (χ0n) is 17.9. The maximum Gasteiger partial charge on any atom is 0.264 e. The van der Waals surface area contributed by atoms with Crippen LogP contribution >= 0.6 is 7.37 Å². The van der Waals surface area contributed by atoms with E-state index in [1.165, 1.54) is 0 Å². The van der Waals surface area contributed by atoms with E-state index in [-0.39, 0.29) is 12.9 Å². The first kappa shape index (κ1) is 21.4.